The summed E-state index contributed by atoms with van der Waals surface area (Å²) in [6.07, 6.45) is 3.90. The van der Waals surface area contributed by atoms with Gasteiger partial charge in [-0.3, -0.25) is 4.79 Å². The average Bonchev–Trinajstić information content (AvgIpc) is 3.32. The van der Waals surface area contributed by atoms with Gasteiger partial charge in [0, 0.05) is 5.75 Å². The average molecular weight is 479 g/mol. The molecule has 1 N–H and O–H groups in total. The van der Waals surface area contributed by atoms with Crippen LogP contribution in [0, 0.1) is 0 Å². The van der Waals surface area contributed by atoms with E-state index in [1.165, 1.54) is 15.9 Å². The van der Waals surface area contributed by atoms with Gasteiger partial charge in [-0.15, -0.1) is 0 Å². The highest BCUT2D eigenvalue weighted by molar-refractivity contribution is 8.14. The van der Waals surface area contributed by atoms with Crippen molar-refractivity contribution < 1.29 is 14.3 Å². The molecule has 4 rings (SSSR count). The van der Waals surface area contributed by atoms with Crippen LogP contribution in [0.15, 0.2) is 91.0 Å². The summed E-state index contributed by atoms with van der Waals surface area (Å²) >= 11 is 1.13. The minimum atomic E-state index is -1.80. The summed E-state index contributed by atoms with van der Waals surface area (Å²) in [5.41, 5.74) is 0. The molecule has 0 aliphatic carbocycles. The molecule has 1 saturated heterocycles. The van der Waals surface area contributed by atoms with Crippen LogP contribution in [-0.4, -0.2) is 35.8 Å². The first-order valence-electron chi connectivity index (χ1n) is 11.3. The van der Waals surface area contributed by atoms with Gasteiger partial charge in [-0.05, 0) is 55.7 Å². The lowest BCUT2D eigenvalue weighted by Gasteiger charge is -2.27. The minimum Gasteiger partial charge on any atom is -0.464 e. The summed E-state index contributed by atoms with van der Waals surface area (Å²) in [5, 5.41) is 6.66. The molecule has 1 unspecified atom stereocenters. The minimum absolute atomic E-state index is 0.153. The predicted octanol–water partition coefficient (Wildman–Crippen LogP) is 4.52. The van der Waals surface area contributed by atoms with E-state index in [-0.39, 0.29) is 11.2 Å². The number of esters is 1. The number of ether oxygens (including phenoxy) is 1. The Morgan fingerprint density at radius 1 is 0.818 bits per heavy atom. The zero-order chi connectivity index (χ0) is 22.9. The van der Waals surface area contributed by atoms with Crippen LogP contribution in [0.3, 0.4) is 0 Å². The van der Waals surface area contributed by atoms with Crippen molar-refractivity contribution in [2.24, 2.45) is 0 Å². The molecule has 6 heteroatoms. The number of carbonyl (C=O) groups is 2. The highest BCUT2D eigenvalue weighted by Gasteiger charge is 2.44. The van der Waals surface area contributed by atoms with Gasteiger partial charge >= 0.3 is 5.97 Å². The van der Waals surface area contributed by atoms with Crippen molar-refractivity contribution in [3.8, 4) is 0 Å². The van der Waals surface area contributed by atoms with E-state index >= 15 is 0 Å². The maximum atomic E-state index is 12.1. The highest BCUT2D eigenvalue weighted by atomic mass is 32.2. The Balaban J connectivity index is 1.46. The molecule has 170 valence electrons. The van der Waals surface area contributed by atoms with Gasteiger partial charge in [-0.25, -0.2) is 4.79 Å². The molecule has 0 bridgehead atoms. The monoisotopic (exact) mass is 478 g/mol. The molecule has 0 spiro atoms. The second kappa shape index (κ2) is 11.5. The van der Waals surface area contributed by atoms with Gasteiger partial charge in [0.15, 0.2) is 0 Å². The maximum absolute atomic E-state index is 12.1. The van der Waals surface area contributed by atoms with Gasteiger partial charge in [0.05, 0.1) is 12.8 Å². The first-order chi connectivity index (χ1) is 16.2. The highest BCUT2D eigenvalue weighted by Crippen LogP contribution is 2.55. The number of hydrogen-bond acceptors (Lipinski definition) is 4. The number of benzene rings is 3. The topological polar surface area (TPSA) is 55.4 Å². The number of amides is 1. The molecular weight excluding hydrogens is 449 g/mol. The van der Waals surface area contributed by atoms with Gasteiger partial charge in [0.25, 0.3) is 5.24 Å². The SMILES string of the molecule is O=C1NC(C(=O)OCCCCC[P+](c2ccccc2)(c2ccccc2)c2ccccc2)CS1. The van der Waals surface area contributed by atoms with E-state index in [1.54, 1.807) is 0 Å². The Hall–Kier alpha value is -2.62. The van der Waals surface area contributed by atoms with Gasteiger partial charge < -0.3 is 10.1 Å². The fraction of sp³-hybridized carbons (Fsp3) is 0.259. The van der Waals surface area contributed by atoms with Crippen LogP contribution >= 0.6 is 19.0 Å². The molecule has 4 nitrogen and oxygen atoms in total. The van der Waals surface area contributed by atoms with Crippen LogP contribution in [0.25, 0.3) is 0 Å². The van der Waals surface area contributed by atoms with Crippen LogP contribution in [-0.2, 0) is 9.53 Å². The van der Waals surface area contributed by atoms with Gasteiger partial charge in [-0.2, -0.15) is 0 Å². The molecule has 33 heavy (non-hydrogen) atoms. The summed E-state index contributed by atoms with van der Waals surface area (Å²) in [6.45, 7) is 0.392. The number of nitrogens with one attached hydrogen (secondary N) is 1. The fourth-order valence-electron chi connectivity index (χ4n) is 4.29. The van der Waals surface area contributed by atoms with Crippen LogP contribution < -0.4 is 21.2 Å². The van der Waals surface area contributed by atoms with Crippen LogP contribution in [0.4, 0.5) is 4.79 Å². The maximum Gasteiger partial charge on any atom is 0.329 e. The standard InChI is InChI=1S/C27H28NO3PS/c29-26(25-21-33-27(30)28-25)31-19-11-4-12-20-32(22-13-5-1-6-14-22,23-15-7-2-8-16-23)24-17-9-3-10-18-24/h1-3,5-10,13-18,25H,4,11-12,19-21H2/p+1. The van der Waals surface area contributed by atoms with E-state index in [1.807, 2.05) is 0 Å². The third kappa shape index (κ3) is 5.66. The van der Waals surface area contributed by atoms with Crippen LogP contribution in [0.1, 0.15) is 19.3 Å². The van der Waals surface area contributed by atoms with Gasteiger partial charge in [0.2, 0.25) is 0 Å². The van der Waals surface area contributed by atoms with Crippen molar-refractivity contribution in [1.29, 1.82) is 0 Å². The smallest absolute Gasteiger partial charge is 0.329 e. The molecule has 1 fully saturated rings. The third-order valence-electron chi connectivity index (χ3n) is 5.93. The second-order valence-electron chi connectivity index (χ2n) is 8.06. The van der Waals surface area contributed by atoms with Gasteiger partial charge in [-0.1, -0.05) is 66.4 Å². The van der Waals surface area contributed by atoms with Crippen molar-refractivity contribution in [3.63, 3.8) is 0 Å². The van der Waals surface area contributed by atoms with E-state index in [2.05, 4.69) is 96.3 Å². The largest absolute Gasteiger partial charge is 0.464 e. The molecule has 3 aromatic carbocycles. The number of thioether (sulfide) groups is 1. The second-order valence-corrected chi connectivity index (χ2v) is 12.7. The lowest BCUT2D eigenvalue weighted by atomic mass is 10.2. The van der Waals surface area contributed by atoms with Gasteiger partial charge in [0.1, 0.15) is 29.2 Å². The van der Waals surface area contributed by atoms with Crippen LogP contribution in [0.5, 0.6) is 0 Å². The molecule has 3 aromatic rings. The molecule has 0 aromatic heterocycles. The quantitative estimate of drug-likeness (QED) is 0.265. The molecule has 1 atom stereocenters. The normalized spacial score (nSPS) is 15.8. The van der Waals surface area contributed by atoms with Crippen LogP contribution in [0.2, 0.25) is 0 Å². The van der Waals surface area contributed by atoms with Crippen molar-refractivity contribution in [3.05, 3.63) is 91.0 Å². The Bertz CT molecular complexity index is 950. The lowest BCUT2D eigenvalue weighted by Crippen LogP contribution is -2.36. The summed E-state index contributed by atoms with van der Waals surface area (Å²) < 4.78 is 5.40. The Kier molecular flexibility index (Phi) is 8.20. The fourth-order valence-corrected chi connectivity index (χ4v) is 9.47. The molecule has 1 aliphatic rings. The third-order valence-corrected chi connectivity index (χ3v) is 11.3. The first-order valence-corrected chi connectivity index (χ1v) is 14.3. The predicted molar refractivity (Wildman–Crippen MR) is 140 cm³/mol. The Morgan fingerprint density at radius 3 is 1.79 bits per heavy atom. The lowest BCUT2D eigenvalue weighted by molar-refractivity contribution is -0.145. The number of rotatable bonds is 10. The Labute approximate surface area is 200 Å². The Morgan fingerprint density at radius 2 is 1.33 bits per heavy atom. The van der Waals surface area contributed by atoms with E-state index in [0.29, 0.717) is 12.4 Å². The summed E-state index contributed by atoms with van der Waals surface area (Å²) in [7, 11) is -1.80. The molecule has 0 saturated carbocycles. The number of unbranched alkanes of at least 4 members (excludes halogenated alkanes) is 2. The summed E-state index contributed by atoms with van der Waals surface area (Å²) in [5.74, 6) is 0.128. The van der Waals surface area contributed by atoms with Crippen molar-refractivity contribution in [2.75, 3.05) is 18.5 Å². The summed E-state index contributed by atoms with van der Waals surface area (Å²) in [4.78, 5) is 23.4. The van der Waals surface area contributed by atoms with E-state index < -0.39 is 13.3 Å². The zero-order valence-corrected chi connectivity index (χ0v) is 20.3. The van der Waals surface area contributed by atoms with E-state index in [4.69, 9.17) is 4.74 Å². The number of carbonyl (C=O) groups excluding carboxylic acids is 2. The van der Waals surface area contributed by atoms with Crippen molar-refractivity contribution in [1.82, 2.24) is 5.32 Å². The molecular formula is C27H29NO3PS+. The first kappa shape index (κ1) is 23.5. The van der Waals surface area contributed by atoms with Crippen molar-refractivity contribution in [2.45, 2.75) is 25.3 Å². The molecule has 1 heterocycles. The molecule has 0 radical (unpaired) electrons. The zero-order valence-electron chi connectivity index (χ0n) is 18.6. The van der Waals surface area contributed by atoms with E-state index in [0.717, 1.165) is 37.2 Å². The molecule has 1 amide bonds. The summed E-state index contributed by atoms with van der Waals surface area (Å²) in [6, 6.07) is 32.1. The molecule has 1 aliphatic heterocycles. The van der Waals surface area contributed by atoms with Crippen molar-refractivity contribution >= 4 is 46.1 Å². The van der Waals surface area contributed by atoms with E-state index in [9.17, 15) is 9.59 Å². The number of hydrogen-bond donors (Lipinski definition) is 1.